The molecule has 0 aromatic heterocycles. The van der Waals surface area contributed by atoms with Gasteiger partial charge in [0.25, 0.3) is 5.71 Å². The normalized spacial score (nSPS) is 23.0. The van der Waals surface area contributed by atoms with E-state index < -0.39 is 0 Å². The van der Waals surface area contributed by atoms with Crippen LogP contribution in [-0.2, 0) is 0 Å². The van der Waals surface area contributed by atoms with Crippen molar-refractivity contribution in [1.29, 1.82) is 0 Å². The average molecular weight is 320 g/mol. The Hall–Kier alpha value is -2.09. The molecule has 4 rings (SSSR count). The van der Waals surface area contributed by atoms with Crippen LogP contribution < -0.4 is 0 Å². The third-order valence-electron chi connectivity index (χ3n) is 5.93. The van der Waals surface area contributed by atoms with E-state index in [1.165, 1.54) is 30.4 Å². The average Bonchev–Trinajstić information content (AvgIpc) is 2.71. The Morgan fingerprint density at radius 2 is 1.58 bits per heavy atom. The molecule has 1 heterocycles. The molecule has 2 aromatic rings. The van der Waals surface area contributed by atoms with Gasteiger partial charge in [0.2, 0.25) is 5.54 Å². The van der Waals surface area contributed by atoms with Gasteiger partial charge in [0.05, 0.1) is 11.1 Å². The summed E-state index contributed by atoms with van der Waals surface area (Å²) in [6.45, 7) is 2.32. The molecule has 1 spiro atoms. The zero-order valence-electron chi connectivity index (χ0n) is 14.4. The van der Waals surface area contributed by atoms with Gasteiger partial charge in [-0.25, -0.2) is 0 Å². The summed E-state index contributed by atoms with van der Waals surface area (Å²) in [7, 11) is 0. The highest BCUT2D eigenvalue weighted by Crippen LogP contribution is 2.42. The molecule has 124 valence electrons. The van der Waals surface area contributed by atoms with Crippen molar-refractivity contribution in [3.05, 3.63) is 71.3 Å². The Balaban J connectivity index is 1.98. The quantitative estimate of drug-likeness (QED) is 0.571. The molecular weight excluding hydrogens is 294 g/mol. The monoisotopic (exact) mass is 320 g/mol. The third kappa shape index (κ3) is 2.45. The molecule has 1 atom stereocenters. The first-order valence-corrected chi connectivity index (χ1v) is 9.22. The van der Waals surface area contributed by atoms with E-state index in [2.05, 4.69) is 55.5 Å². The van der Waals surface area contributed by atoms with Gasteiger partial charge in [-0.15, -0.1) is 0 Å². The zero-order valence-corrected chi connectivity index (χ0v) is 14.4. The second kappa shape index (κ2) is 6.08. The van der Waals surface area contributed by atoms with Gasteiger partial charge < -0.3 is 0 Å². The van der Waals surface area contributed by atoms with Crippen LogP contribution in [0.3, 0.4) is 0 Å². The number of nitrogens with zero attached hydrogens (tertiary/aromatic N) is 1. The summed E-state index contributed by atoms with van der Waals surface area (Å²) < 4.78 is 1.66. The van der Waals surface area contributed by atoms with Crippen LogP contribution in [0.5, 0.6) is 0 Å². The molecule has 0 radical (unpaired) electrons. The summed E-state index contributed by atoms with van der Waals surface area (Å²) in [5.74, 6) is 0.454. The van der Waals surface area contributed by atoms with Gasteiger partial charge in [-0.05, 0) is 47.3 Å². The summed E-state index contributed by atoms with van der Waals surface area (Å²) in [5, 5.41) is 11.4. The molecule has 2 aromatic carbocycles. The van der Waals surface area contributed by atoms with Crippen LogP contribution in [0.15, 0.2) is 54.6 Å². The Bertz CT molecular complexity index is 757. The van der Waals surface area contributed by atoms with Crippen molar-refractivity contribution < 1.29 is 9.95 Å². The number of hydrogen-bond donors (Lipinski definition) is 1. The van der Waals surface area contributed by atoms with Gasteiger partial charge in [0.1, 0.15) is 0 Å². The number of hydrogen-bond acceptors (Lipinski definition) is 1. The lowest BCUT2D eigenvalue weighted by atomic mass is 9.75. The van der Waals surface area contributed by atoms with Gasteiger partial charge >= 0.3 is 0 Å². The lowest BCUT2D eigenvalue weighted by Gasteiger charge is -2.31. The standard InChI is InChI=1S/C22H26NO/c1-17-16-22(14-8-3-9-15-22)23(24)21(18-10-4-2-5-11-18)20-13-7-6-12-19(17)20/h2,4-7,10-13,17,24H,3,8-9,14-16H2,1H3/q+1. The SMILES string of the molecule is CC1CC2(CCCCC2)[N+](O)=C(c2ccccc2)c2ccccc21. The lowest BCUT2D eigenvalue weighted by molar-refractivity contribution is -0.829. The van der Waals surface area contributed by atoms with Crippen molar-refractivity contribution in [2.75, 3.05) is 0 Å². The van der Waals surface area contributed by atoms with Crippen molar-refractivity contribution >= 4 is 5.71 Å². The number of rotatable bonds is 1. The van der Waals surface area contributed by atoms with Crippen LogP contribution in [-0.4, -0.2) is 21.2 Å². The molecule has 1 unspecified atom stereocenters. The van der Waals surface area contributed by atoms with Gasteiger partial charge in [-0.3, -0.25) is 5.21 Å². The fourth-order valence-corrected chi connectivity index (χ4v) is 4.76. The fraction of sp³-hybridized carbons (Fsp3) is 0.409. The molecule has 2 heteroatoms. The zero-order chi connectivity index (χ0) is 16.6. The van der Waals surface area contributed by atoms with E-state index in [1.54, 1.807) is 4.74 Å². The first-order valence-electron chi connectivity index (χ1n) is 9.22. The van der Waals surface area contributed by atoms with Crippen molar-refractivity contribution in [3.8, 4) is 0 Å². The molecule has 0 saturated heterocycles. The molecule has 0 bridgehead atoms. The minimum absolute atomic E-state index is 0.123. The van der Waals surface area contributed by atoms with Crippen LogP contribution in [0.1, 0.15) is 68.1 Å². The molecule has 0 amide bonds. The highest BCUT2D eigenvalue weighted by Gasteiger charge is 2.49. The van der Waals surface area contributed by atoms with E-state index >= 15 is 0 Å². The molecule has 2 aliphatic rings. The smallest absolute Gasteiger partial charge is 0.265 e. The molecular formula is C22H26NO+. The molecule has 1 N–H and O–H groups in total. The molecule has 2 nitrogen and oxygen atoms in total. The third-order valence-corrected chi connectivity index (χ3v) is 5.93. The first-order chi connectivity index (χ1) is 11.7. The second-order valence-electron chi connectivity index (χ2n) is 7.50. The summed E-state index contributed by atoms with van der Waals surface area (Å²) >= 11 is 0. The van der Waals surface area contributed by atoms with Crippen molar-refractivity contribution in [2.45, 2.75) is 56.9 Å². The lowest BCUT2D eigenvalue weighted by Crippen LogP contribution is -2.45. The van der Waals surface area contributed by atoms with Crippen LogP contribution in [0, 0.1) is 0 Å². The maximum absolute atomic E-state index is 11.4. The van der Waals surface area contributed by atoms with E-state index in [1.807, 2.05) is 6.07 Å². The first kappa shape index (κ1) is 15.4. The summed E-state index contributed by atoms with van der Waals surface area (Å²) in [6, 6.07) is 19.0. The predicted molar refractivity (Wildman–Crippen MR) is 97.0 cm³/mol. The van der Waals surface area contributed by atoms with E-state index in [9.17, 15) is 5.21 Å². The van der Waals surface area contributed by atoms with Crippen molar-refractivity contribution in [2.24, 2.45) is 0 Å². The van der Waals surface area contributed by atoms with Crippen LogP contribution in [0.4, 0.5) is 0 Å². The summed E-state index contributed by atoms with van der Waals surface area (Å²) in [6.07, 6.45) is 6.90. The second-order valence-corrected chi connectivity index (χ2v) is 7.50. The molecule has 1 aliphatic heterocycles. The molecule has 24 heavy (non-hydrogen) atoms. The number of fused-ring (bicyclic) bond motifs is 1. The van der Waals surface area contributed by atoms with E-state index in [0.717, 1.165) is 30.5 Å². The van der Waals surface area contributed by atoms with E-state index in [-0.39, 0.29) is 5.54 Å². The highest BCUT2D eigenvalue weighted by molar-refractivity contribution is 6.10. The Labute approximate surface area is 144 Å². The van der Waals surface area contributed by atoms with Gasteiger partial charge in [-0.2, -0.15) is 0 Å². The van der Waals surface area contributed by atoms with Crippen LogP contribution in [0.25, 0.3) is 0 Å². The Morgan fingerprint density at radius 3 is 2.33 bits per heavy atom. The Morgan fingerprint density at radius 1 is 0.917 bits per heavy atom. The molecule has 1 saturated carbocycles. The minimum Gasteiger partial charge on any atom is -0.290 e. The molecule has 1 aliphatic carbocycles. The summed E-state index contributed by atoms with van der Waals surface area (Å²) in [4.78, 5) is 0. The largest absolute Gasteiger partial charge is 0.290 e. The number of hydroxylamine groups is 1. The fourth-order valence-electron chi connectivity index (χ4n) is 4.76. The Kier molecular flexibility index (Phi) is 3.91. The molecule has 1 fully saturated rings. The predicted octanol–water partition coefficient (Wildman–Crippen LogP) is 5.14. The van der Waals surface area contributed by atoms with Crippen molar-refractivity contribution in [3.63, 3.8) is 0 Å². The number of benzene rings is 2. The van der Waals surface area contributed by atoms with Crippen LogP contribution in [0.2, 0.25) is 0 Å². The van der Waals surface area contributed by atoms with Gasteiger partial charge in [-0.1, -0.05) is 49.7 Å². The summed E-state index contributed by atoms with van der Waals surface area (Å²) in [5.41, 5.74) is 4.50. The van der Waals surface area contributed by atoms with Crippen molar-refractivity contribution in [1.82, 2.24) is 0 Å². The maximum Gasteiger partial charge on any atom is 0.265 e. The topological polar surface area (TPSA) is 23.2 Å². The maximum atomic E-state index is 11.4. The highest BCUT2D eigenvalue weighted by atomic mass is 16.5. The van der Waals surface area contributed by atoms with Gasteiger partial charge in [0, 0.05) is 19.3 Å². The van der Waals surface area contributed by atoms with E-state index in [0.29, 0.717) is 5.92 Å². The van der Waals surface area contributed by atoms with Crippen LogP contribution >= 0.6 is 0 Å². The van der Waals surface area contributed by atoms with E-state index in [4.69, 9.17) is 0 Å². The van der Waals surface area contributed by atoms with Gasteiger partial charge in [0.15, 0.2) is 0 Å². The minimum atomic E-state index is -0.123.